The van der Waals surface area contributed by atoms with Gasteiger partial charge >= 0.3 is 0 Å². The Morgan fingerprint density at radius 1 is 0.455 bits per heavy atom. The van der Waals surface area contributed by atoms with Gasteiger partial charge in [0.05, 0.1) is 18.8 Å². The van der Waals surface area contributed by atoms with Gasteiger partial charge in [0.15, 0.2) is 0 Å². The highest BCUT2D eigenvalue weighted by molar-refractivity contribution is 5.76. The fourth-order valence-electron chi connectivity index (χ4n) is 6.37. The van der Waals surface area contributed by atoms with Crippen molar-refractivity contribution in [3.8, 4) is 0 Å². The van der Waals surface area contributed by atoms with E-state index in [0.717, 1.165) is 77.0 Å². The van der Waals surface area contributed by atoms with E-state index in [1.165, 1.54) is 96.3 Å². The average molecular weight is 762 g/mol. The first kappa shape index (κ1) is 52.3. The Labute approximate surface area is 341 Å². The molecule has 0 aromatic carbocycles. The zero-order chi connectivity index (χ0) is 40.0. The van der Waals surface area contributed by atoms with Gasteiger partial charge in [-0.05, 0) is 77.0 Å². The molecule has 1 amide bonds. The summed E-state index contributed by atoms with van der Waals surface area (Å²) < 4.78 is 0. The molecule has 0 heterocycles. The molecule has 0 aliphatic carbocycles. The molecule has 0 aromatic rings. The summed E-state index contributed by atoms with van der Waals surface area (Å²) in [6.07, 6.45) is 67.9. The third-order valence-electron chi connectivity index (χ3n) is 9.86. The molecule has 0 saturated heterocycles. The van der Waals surface area contributed by atoms with Gasteiger partial charge in [-0.3, -0.25) is 4.79 Å². The van der Waals surface area contributed by atoms with Crippen molar-refractivity contribution in [3.05, 3.63) is 97.2 Å². The third kappa shape index (κ3) is 42.3. The van der Waals surface area contributed by atoms with Crippen LogP contribution in [0.15, 0.2) is 97.2 Å². The van der Waals surface area contributed by atoms with Crippen molar-refractivity contribution < 1.29 is 15.0 Å². The molecule has 0 bridgehead atoms. The molecule has 4 nitrogen and oxygen atoms in total. The average Bonchev–Trinajstić information content (AvgIpc) is 3.19. The van der Waals surface area contributed by atoms with Gasteiger partial charge in [-0.2, -0.15) is 0 Å². The molecule has 0 rings (SSSR count). The Balaban J connectivity index is 3.56. The Morgan fingerprint density at radius 3 is 1.20 bits per heavy atom. The van der Waals surface area contributed by atoms with E-state index in [9.17, 15) is 15.0 Å². The predicted octanol–water partition coefficient (Wildman–Crippen LogP) is 14.6. The number of hydrogen-bond donors (Lipinski definition) is 3. The second-order valence-corrected chi connectivity index (χ2v) is 15.1. The number of carbonyl (C=O) groups is 1. The monoisotopic (exact) mass is 762 g/mol. The number of aliphatic hydroxyl groups excluding tert-OH is 2. The van der Waals surface area contributed by atoms with Crippen LogP contribution in [0.2, 0.25) is 0 Å². The van der Waals surface area contributed by atoms with E-state index in [4.69, 9.17) is 0 Å². The minimum Gasteiger partial charge on any atom is -0.394 e. The first-order valence-corrected chi connectivity index (χ1v) is 22.9. The van der Waals surface area contributed by atoms with Gasteiger partial charge in [0.2, 0.25) is 5.91 Å². The quantitative estimate of drug-likeness (QED) is 0.0430. The largest absolute Gasteiger partial charge is 0.394 e. The van der Waals surface area contributed by atoms with E-state index in [2.05, 4.69) is 116 Å². The van der Waals surface area contributed by atoms with Gasteiger partial charge in [0.1, 0.15) is 0 Å². The second kappa shape index (κ2) is 45.7. The minimum absolute atomic E-state index is 0.0443. The number of amides is 1. The van der Waals surface area contributed by atoms with Crippen molar-refractivity contribution in [2.24, 2.45) is 0 Å². The minimum atomic E-state index is -0.663. The molecule has 0 fully saturated rings. The summed E-state index contributed by atoms with van der Waals surface area (Å²) in [5.41, 5.74) is 0. The summed E-state index contributed by atoms with van der Waals surface area (Å²) >= 11 is 0. The van der Waals surface area contributed by atoms with Crippen LogP contribution in [-0.4, -0.2) is 34.9 Å². The lowest BCUT2D eigenvalue weighted by molar-refractivity contribution is -0.123. The topological polar surface area (TPSA) is 69.6 Å². The molecule has 314 valence electrons. The van der Waals surface area contributed by atoms with Crippen molar-refractivity contribution in [3.63, 3.8) is 0 Å². The normalized spacial score (nSPS) is 13.9. The fraction of sp³-hybridized carbons (Fsp3) is 0.667. The summed E-state index contributed by atoms with van der Waals surface area (Å²) in [6.45, 7) is 4.20. The predicted molar refractivity (Wildman–Crippen MR) is 243 cm³/mol. The Morgan fingerprint density at radius 2 is 0.800 bits per heavy atom. The maximum Gasteiger partial charge on any atom is 0.220 e. The summed E-state index contributed by atoms with van der Waals surface area (Å²) in [7, 11) is 0. The second-order valence-electron chi connectivity index (χ2n) is 15.1. The number of nitrogens with one attached hydrogen (secondary N) is 1. The van der Waals surface area contributed by atoms with Crippen LogP contribution in [0.1, 0.15) is 200 Å². The van der Waals surface area contributed by atoms with Crippen LogP contribution in [-0.2, 0) is 4.79 Å². The smallest absolute Gasteiger partial charge is 0.220 e. The maximum atomic E-state index is 12.3. The number of aliphatic hydroxyl groups is 2. The van der Waals surface area contributed by atoms with E-state index in [0.29, 0.717) is 12.8 Å². The molecule has 2 unspecified atom stereocenters. The Kier molecular flexibility index (Phi) is 43.5. The Bertz CT molecular complexity index is 1050. The van der Waals surface area contributed by atoms with Crippen LogP contribution >= 0.6 is 0 Å². The van der Waals surface area contributed by atoms with E-state index in [1.807, 2.05) is 0 Å². The molecule has 0 aromatic heterocycles. The van der Waals surface area contributed by atoms with Crippen LogP contribution < -0.4 is 5.32 Å². The molecule has 0 spiro atoms. The van der Waals surface area contributed by atoms with Crippen LogP contribution in [0.3, 0.4) is 0 Å². The summed E-state index contributed by atoms with van der Waals surface area (Å²) in [5.74, 6) is -0.0443. The highest BCUT2D eigenvalue weighted by Crippen LogP contribution is 2.14. The third-order valence-corrected chi connectivity index (χ3v) is 9.86. The van der Waals surface area contributed by atoms with Gasteiger partial charge in [0, 0.05) is 6.42 Å². The lowest BCUT2D eigenvalue weighted by Crippen LogP contribution is -2.45. The van der Waals surface area contributed by atoms with E-state index >= 15 is 0 Å². The van der Waals surface area contributed by atoms with E-state index in [-0.39, 0.29) is 12.5 Å². The van der Waals surface area contributed by atoms with Crippen LogP contribution in [0, 0.1) is 0 Å². The molecule has 0 radical (unpaired) electrons. The molecule has 0 saturated carbocycles. The Hall–Kier alpha value is -2.69. The number of carbonyl (C=O) groups excluding carboxylic acids is 1. The lowest BCUT2D eigenvalue weighted by Gasteiger charge is -2.22. The summed E-state index contributed by atoms with van der Waals surface area (Å²) in [6, 6.07) is -0.541. The van der Waals surface area contributed by atoms with Crippen molar-refractivity contribution in [2.45, 2.75) is 212 Å². The first-order chi connectivity index (χ1) is 27.2. The molecular weight excluding hydrogens is 675 g/mol. The first-order valence-electron chi connectivity index (χ1n) is 22.9. The standard InChI is InChI=1S/C51H87NO3/c1-3-5-7-9-11-13-14-15-16-17-18-19-20-21-22-23-24-25-26-27-28-29-30-31-32-33-34-35-36-37-38-39-41-43-45-47-51(55)52-49(48-53)50(54)46-44-42-40-12-10-8-6-4-2/h5,7,11,13,15-16,18-19,21-22,24-25,27-28,30-31,49-50,53-54H,3-4,6,8-10,12,14,17,20,23,26,29,32-48H2,1-2H3,(H,52,55)/b7-5-,13-11-,16-15-,19-18-,22-21-,25-24-,28-27-,31-30-. The van der Waals surface area contributed by atoms with Gasteiger partial charge in [-0.25, -0.2) is 0 Å². The van der Waals surface area contributed by atoms with Gasteiger partial charge in [-0.1, -0.05) is 214 Å². The summed E-state index contributed by atoms with van der Waals surface area (Å²) in [4.78, 5) is 12.3. The number of hydrogen-bond acceptors (Lipinski definition) is 3. The van der Waals surface area contributed by atoms with Crippen molar-refractivity contribution in [1.82, 2.24) is 5.32 Å². The maximum absolute atomic E-state index is 12.3. The van der Waals surface area contributed by atoms with Crippen molar-refractivity contribution >= 4 is 5.91 Å². The zero-order valence-electron chi connectivity index (χ0n) is 35.9. The molecule has 3 N–H and O–H groups in total. The lowest BCUT2D eigenvalue weighted by atomic mass is 10.0. The van der Waals surface area contributed by atoms with Crippen LogP contribution in [0.5, 0.6) is 0 Å². The zero-order valence-corrected chi connectivity index (χ0v) is 35.9. The van der Waals surface area contributed by atoms with Crippen molar-refractivity contribution in [1.29, 1.82) is 0 Å². The van der Waals surface area contributed by atoms with E-state index < -0.39 is 12.1 Å². The highest BCUT2D eigenvalue weighted by atomic mass is 16.3. The number of unbranched alkanes of at least 4 members (excludes halogenated alkanes) is 17. The van der Waals surface area contributed by atoms with E-state index in [1.54, 1.807) is 0 Å². The molecule has 55 heavy (non-hydrogen) atoms. The van der Waals surface area contributed by atoms with Gasteiger partial charge in [-0.15, -0.1) is 0 Å². The SMILES string of the molecule is CC/C=C\C/C=C\C/C=C\C/C=C\C/C=C\C/C=C\C/C=C\C/C=C\CCCCCCCCCCCCC(=O)NC(CO)C(O)CCCCCCCCCC. The van der Waals surface area contributed by atoms with Crippen LogP contribution in [0.25, 0.3) is 0 Å². The molecule has 2 atom stereocenters. The molecule has 0 aliphatic heterocycles. The van der Waals surface area contributed by atoms with Crippen LogP contribution in [0.4, 0.5) is 0 Å². The van der Waals surface area contributed by atoms with Gasteiger partial charge < -0.3 is 15.5 Å². The van der Waals surface area contributed by atoms with Gasteiger partial charge in [0.25, 0.3) is 0 Å². The fourth-order valence-corrected chi connectivity index (χ4v) is 6.37. The molecule has 4 heteroatoms. The number of allylic oxidation sites excluding steroid dienone is 16. The highest BCUT2D eigenvalue weighted by Gasteiger charge is 2.19. The number of rotatable bonds is 40. The summed E-state index contributed by atoms with van der Waals surface area (Å²) in [5, 5.41) is 23.0. The molecule has 0 aliphatic rings. The molecular formula is C51H87NO3. The van der Waals surface area contributed by atoms with Crippen molar-refractivity contribution in [2.75, 3.05) is 6.61 Å².